The molecule has 0 atom stereocenters. The summed E-state index contributed by atoms with van der Waals surface area (Å²) in [4.78, 5) is 0. The Morgan fingerprint density at radius 2 is 2.05 bits per heavy atom. The molecule has 0 amide bonds. The molecule has 2 rings (SSSR count). The minimum Gasteiger partial charge on any atom is -0.313 e. The van der Waals surface area contributed by atoms with E-state index in [9.17, 15) is 8.42 Å². The van der Waals surface area contributed by atoms with E-state index in [1.807, 2.05) is 13.8 Å². The summed E-state index contributed by atoms with van der Waals surface area (Å²) in [6.07, 6.45) is 4.74. The molecule has 1 fully saturated rings. The van der Waals surface area contributed by atoms with E-state index in [4.69, 9.17) is 0 Å². The predicted octanol–water partition coefficient (Wildman–Crippen LogP) is 1.83. The van der Waals surface area contributed by atoms with Crippen LogP contribution in [0.5, 0.6) is 0 Å². The van der Waals surface area contributed by atoms with E-state index in [2.05, 4.69) is 27.2 Å². The van der Waals surface area contributed by atoms with Gasteiger partial charge in [0, 0.05) is 23.3 Å². The van der Waals surface area contributed by atoms with Crippen LogP contribution in [-0.2, 0) is 16.6 Å². The van der Waals surface area contributed by atoms with Crippen LogP contribution in [0.4, 0.5) is 0 Å². The molecular formula is C14H26N4O2S. The van der Waals surface area contributed by atoms with Crippen LogP contribution in [0, 0.1) is 6.92 Å². The molecule has 0 bridgehead atoms. The summed E-state index contributed by atoms with van der Waals surface area (Å²) in [6.45, 7) is 7.34. The topological polar surface area (TPSA) is 86.9 Å². The quantitative estimate of drug-likeness (QED) is 0.639. The monoisotopic (exact) mass is 314 g/mol. The summed E-state index contributed by atoms with van der Waals surface area (Å²) >= 11 is 0. The molecule has 7 heteroatoms. The lowest BCUT2D eigenvalue weighted by Crippen LogP contribution is -2.53. The maximum Gasteiger partial charge on any atom is 0.260 e. The lowest BCUT2D eigenvalue weighted by molar-refractivity contribution is 0.213. The molecule has 6 nitrogen and oxygen atoms in total. The van der Waals surface area contributed by atoms with Crippen LogP contribution >= 0.6 is 0 Å². The van der Waals surface area contributed by atoms with Crippen LogP contribution in [0.2, 0.25) is 0 Å². The number of nitrogens with zero attached hydrogens (tertiary/aromatic N) is 1. The first kappa shape index (κ1) is 16.5. The lowest BCUT2D eigenvalue weighted by atomic mass is 9.76. The van der Waals surface area contributed by atoms with Crippen LogP contribution in [0.15, 0.2) is 5.03 Å². The molecule has 0 radical (unpaired) electrons. The molecule has 3 N–H and O–H groups in total. The minimum absolute atomic E-state index is 0.142. The maximum absolute atomic E-state index is 12.6. The van der Waals surface area contributed by atoms with Crippen molar-refractivity contribution in [3.8, 4) is 0 Å². The molecular weight excluding hydrogens is 288 g/mol. The van der Waals surface area contributed by atoms with Gasteiger partial charge in [-0.2, -0.15) is 5.10 Å². The highest BCUT2D eigenvalue weighted by Crippen LogP contribution is 2.36. The van der Waals surface area contributed by atoms with Gasteiger partial charge in [-0.3, -0.25) is 5.10 Å². The van der Waals surface area contributed by atoms with Crippen molar-refractivity contribution in [2.75, 3.05) is 6.54 Å². The predicted molar refractivity (Wildman–Crippen MR) is 82.5 cm³/mol. The van der Waals surface area contributed by atoms with Gasteiger partial charge in [0.2, 0.25) is 0 Å². The van der Waals surface area contributed by atoms with E-state index in [0.29, 0.717) is 6.54 Å². The molecule has 0 aliphatic heterocycles. The molecule has 1 aliphatic rings. The standard InChI is InChI=1S/C14H26N4O2S/c1-4-9-15-10-12-11(3)16-17-13(12)21(19,20)18-14(5-2)7-6-8-14/h15,18H,4-10H2,1-3H3,(H,16,17). The number of hydrogen-bond donors (Lipinski definition) is 3. The van der Waals surface area contributed by atoms with Crippen molar-refractivity contribution in [3.63, 3.8) is 0 Å². The van der Waals surface area contributed by atoms with Gasteiger partial charge in [-0.25, -0.2) is 13.1 Å². The highest BCUT2D eigenvalue weighted by atomic mass is 32.2. The number of aromatic amines is 1. The van der Waals surface area contributed by atoms with E-state index >= 15 is 0 Å². The molecule has 1 aromatic rings. The molecule has 0 spiro atoms. The number of hydrogen-bond acceptors (Lipinski definition) is 4. The number of H-pyrrole nitrogens is 1. The Morgan fingerprint density at radius 1 is 1.33 bits per heavy atom. The molecule has 1 aromatic heterocycles. The van der Waals surface area contributed by atoms with Gasteiger partial charge >= 0.3 is 0 Å². The average molecular weight is 314 g/mol. The Balaban J connectivity index is 2.19. The molecule has 1 saturated carbocycles. The fourth-order valence-electron chi connectivity index (χ4n) is 2.72. The smallest absolute Gasteiger partial charge is 0.260 e. The lowest BCUT2D eigenvalue weighted by Gasteiger charge is -2.41. The van der Waals surface area contributed by atoms with Crippen molar-refractivity contribution in [3.05, 3.63) is 11.3 Å². The molecule has 21 heavy (non-hydrogen) atoms. The third-order valence-corrected chi connectivity index (χ3v) is 5.91. The molecule has 120 valence electrons. The van der Waals surface area contributed by atoms with Gasteiger partial charge in [-0.1, -0.05) is 13.8 Å². The Bertz CT molecular complexity index is 570. The fraction of sp³-hybridized carbons (Fsp3) is 0.786. The summed E-state index contributed by atoms with van der Waals surface area (Å²) in [5.74, 6) is 0. The summed E-state index contributed by atoms with van der Waals surface area (Å²) in [7, 11) is -3.57. The third kappa shape index (κ3) is 3.46. The third-order valence-electron chi connectivity index (χ3n) is 4.36. The number of aromatic nitrogens is 2. The Labute approximate surface area is 127 Å². The number of nitrogens with one attached hydrogen (secondary N) is 3. The Kier molecular flexibility index (Phi) is 5.06. The van der Waals surface area contributed by atoms with Gasteiger partial charge in [0.05, 0.1) is 0 Å². The van der Waals surface area contributed by atoms with E-state index in [0.717, 1.165) is 49.9 Å². The van der Waals surface area contributed by atoms with Crippen molar-refractivity contribution in [2.24, 2.45) is 0 Å². The summed E-state index contributed by atoms with van der Waals surface area (Å²) in [5, 5.41) is 10.2. The van der Waals surface area contributed by atoms with Gasteiger partial charge in [0.15, 0.2) is 5.03 Å². The number of rotatable bonds is 8. The van der Waals surface area contributed by atoms with Gasteiger partial charge in [-0.05, 0) is 45.6 Å². The Hall–Kier alpha value is -0.920. The van der Waals surface area contributed by atoms with Crippen molar-refractivity contribution < 1.29 is 8.42 Å². The van der Waals surface area contributed by atoms with Crippen molar-refractivity contribution >= 4 is 10.0 Å². The number of sulfonamides is 1. The van der Waals surface area contributed by atoms with Gasteiger partial charge in [-0.15, -0.1) is 0 Å². The molecule has 0 saturated heterocycles. The van der Waals surface area contributed by atoms with Crippen LogP contribution in [0.3, 0.4) is 0 Å². The molecule has 1 aliphatic carbocycles. The summed E-state index contributed by atoms with van der Waals surface area (Å²) in [6, 6.07) is 0. The van der Waals surface area contributed by atoms with Crippen molar-refractivity contribution in [1.29, 1.82) is 0 Å². The largest absolute Gasteiger partial charge is 0.313 e. The van der Waals surface area contributed by atoms with Gasteiger partial charge in [0.25, 0.3) is 10.0 Å². The van der Waals surface area contributed by atoms with Crippen molar-refractivity contribution in [2.45, 2.75) is 70.0 Å². The summed E-state index contributed by atoms with van der Waals surface area (Å²) < 4.78 is 28.2. The van der Waals surface area contributed by atoms with E-state index in [1.54, 1.807) is 0 Å². The highest BCUT2D eigenvalue weighted by Gasteiger charge is 2.40. The zero-order valence-corrected chi connectivity index (χ0v) is 13.9. The summed E-state index contributed by atoms with van der Waals surface area (Å²) in [5.41, 5.74) is 1.28. The van der Waals surface area contributed by atoms with E-state index in [-0.39, 0.29) is 10.6 Å². The first-order valence-electron chi connectivity index (χ1n) is 7.72. The molecule has 0 unspecified atom stereocenters. The maximum atomic E-state index is 12.6. The normalized spacial score (nSPS) is 17.7. The van der Waals surface area contributed by atoms with Crippen LogP contribution in [0.1, 0.15) is 57.2 Å². The van der Waals surface area contributed by atoms with Gasteiger partial charge in [0.1, 0.15) is 0 Å². The van der Waals surface area contributed by atoms with E-state index in [1.165, 1.54) is 0 Å². The SMILES string of the molecule is CCCNCc1c(S(=O)(=O)NC2(CC)CCC2)n[nH]c1C. The average Bonchev–Trinajstić information content (AvgIpc) is 2.77. The second-order valence-electron chi connectivity index (χ2n) is 5.90. The fourth-order valence-corrected chi connectivity index (χ4v) is 4.45. The Morgan fingerprint density at radius 3 is 2.57 bits per heavy atom. The highest BCUT2D eigenvalue weighted by molar-refractivity contribution is 7.89. The molecule has 1 heterocycles. The van der Waals surface area contributed by atoms with Crippen LogP contribution < -0.4 is 10.0 Å². The van der Waals surface area contributed by atoms with Crippen LogP contribution in [-0.4, -0.2) is 30.7 Å². The first-order valence-corrected chi connectivity index (χ1v) is 9.21. The first-order chi connectivity index (χ1) is 9.94. The zero-order valence-electron chi connectivity index (χ0n) is 13.1. The second-order valence-corrected chi connectivity index (χ2v) is 7.50. The minimum atomic E-state index is -3.57. The van der Waals surface area contributed by atoms with Crippen molar-refractivity contribution in [1.82, 2.24) is 20.2 Å². The van der Waals surface area contributed by atoms with Crippen LogP contribution in [0.25, 0.3) is 0 Å². The number of aryl methyl sites for hydroxylation is 1. The molecule has 0 aromatic carbocycles. The van der Waals surface area contributed by atoms with Gasteiger partial charge < -0.3 is 5.32 Å². The second kappa shape index (κ2) is 6.46. The zero-order chi connectivity index (χ0) is 15.5. The van der Waals surface area contributed by atoms with E-state index < -0.39 is 10.0 Å².